The SMILES string of the molecule is COc1c(Br)c(COC(=O)c2ccccc2)c(-c2c(COC(=O)c3ccccc3)c(Br)c(OC)c3c2OCO3)c2c1OCO2. The molecular weight excluding hydrogens is 704 g/mol. The van der Waals surface area contributed by atoms with Crippen LogP contribution in [0.1, 0.15) is 31.8 Å². The van der Waals surface area contributed by atoms with Gasteiger partial charge in [-0.1, -0.05) is 36.4 Å². The van der Waals surface area contributed by atoms with Crippen molar-refractivity contribution >= 4 is 43.8 Å². The van der Waals surface area contributed by atoms with E-state index < -0.39 is 11.9 Å². The lowest BCUT2D eigenvalue weighted by atomic mass is 9.92. The van der Waals surface area contributed by atoms with E-state index >= 15 is 0 Å². The fourth-order valence-corrected chi connectivity index (χ4v) is 6.30. The molecule has 0 spiro atoms. The van der Waals surface area contributed by atoms with E-state index in [0.29, 0.717) is 76.8 Å². The van der Waals surface area contributed by atoms with Gasteiger partial charge in [-0.15, -0.1) is 0 Å². The second-order valence-corrected chi connectivity index (χ2v) is 11.0. The third-order valence-corrected chi connectivity index (χ3v) is 8.67. The van der Waals surface area contributed by atoms with Crippen molar-refractivity contribution in [2.24, 2.45) is 0 Å². The number of carbonyl (C=O) groups excluding carboxylic acids is 2. The van der Waals surface area contributed by atoms with Crippen LogP contribution in [-0.4, -0.2) is 39.7 Å². The van der Waals surface area contributed by atoms with Gasteiger partial charge in [-0.05, 0) is 56.1 Å². The van der Waals surface area contributed by atoms with Gasteiger partial charge >= 0.3 is 11.9 Å². The number of carbonyl (C=O) groups is 2. The quantitative estimate of drug-likeness (QED) is 0.166. The van der Waals surface area contributed by atoms with Gasteiger partial charge in [0, 0.05) is 22.3 Å². The second-order valence-electron chi connectivity index (χ2n) is 9.42. The zero-order valence-electron chi connectivity index (χ0n) is 23.4. The molecule has 0 atom stereocenters. The number of ether oxygens (including phenoxy) is 8. The summed E-state index contributed by atoms with van der Waals surface area (Å²) in [5.41, 5.74) is 2.66. The number of rotatable bonds is 9. The Balaban J connectivity index is 1.53. The van der Waals surface area contributed by atoms with Gasteiger partial charge in [-0.3, -0.25) is 0 Å². The lowest BCUT2D eigenvalue weighted by molar-refractivity contribution is 0.0461. The molecule has 4 aromatic carbocycles. The van der Waals surface area contributed by atoms with Crippen molar-refractivity contribution in [2.75, 3.05) is 27.8 Å². The monoisotopic (exact) mass is 726 g/mol. The first kappa shape index (κ1) is 29.6. The minimum atomic E-state index is -0.530. The Morgan fingerprint density at radius 1 is 0.614 bits per heavy atom. The van der Waals surface area contributed by atoms with E-state index in [-0.39, 0.29) is 26.8 Å². The van der Waals surface area contributed by atoms with Gasteiger partial charge in [0.15, 0.2) is 23.0 Å². The Labute approximate surface area is 268 Å². The molecule has 0 fully saturated rings. The van der Waals surface area contributed by atoms with Gasteiger partial charge < -0.3 is 37.9 Å². The minimum absolute atomic E-state index is 0.0897. The van der Waals surface area contributed by atoms with E-state index in [1.165, 1.54) is 14.2 Å². The molecule has 2 aliphatic heterocycles. The summed E-state index contributed by atoms with van der Waals surface area (Å²) in [5, 5.41) is 0. The van der Waals surface area contributed by atoms with Crippen LogP contribution in [0.15, 0.2) is 69.6 Å². The summed E-state index contributed by atoms with van der Waals surface area (Å²) in [7, 11) is 2.99. The molecule has 2 aliphatic rings. The van der Waals surface area contributed by atoms with Crippen LogP contribution in [-0.2, 0) is 22.7 Å². The van der Waals surface area contributed by atoms with Gasteiger partial charge in [-0.25, -0.2) is 9.59 Å². The predicted octanol–water partition coefficient (Wildman–Crippen LogP) is 7.07. The molecule has 2 heterocycles. The summed E-state index contributed by atoms with van der Waals surface area (Å²) >= 11 is 7.30. The summed E-state index contributed by atoms with van der Waals surface area (Å²) in [6.45, 7) is -0.570. The van der Waals surface area contributed by atoms with E-state index in [1.54, 1.807) is 48.5 Å². The Morgan fingerprint density at radius 2 is 0.977 bits per heavy atom. The van der Waals surface area contributed by atoms with Gasteiger partial charge in [0.05, 0.1) is 34.3 Å². The zero-order valence-corrected chi connectivity index (χ0v) is 26.6. The molecule has 0 amide bonds. The fourth-order valence-electron chi connectivity index (χ4n) is 4.99. The van der Waals surface area contributed by atoms with Crippen molar-refractivity contribution in [3.05, 3.63) is 91.9 Å². The summed E-state index contributed by atoms with van der Waals surface area (Å²) in [6.07, 6.45) is 0. The van der Waals surface area contributed by atoms with Crippen LogP contribution in [0.5, 0.6) is 34.5 Å². The van der Waals surface area contributed by atoms with E-state index in [9.17, 15) is 9.59 Å². The molecule has 0 aromatic heterocycles. The molecule has 12 heteroatoms. The normalized spacial score (nSPS) is 12.5. The largest absolute Gasteiger partial charge is 0.492 e. The molecule has 0 saturated heterocycles. The lowest BCUT2D eigenvalue weighted by Crippen LogP contribution is -2.10. The molecule has 6 rings (SSSR count). The van der Waals surface area contributed by atoms with Crippen LogP contribution in [0.25, 0.3) is 11.1 Å². The third-order valence-electron chi connectivity index (χ3n) is 7.00. The standard InChI is InChI=1S/C32H24Br2O10/c1-37-27-23(33)19(13-39-31(35)17-9-5-3-6-10-17)21(25-29(27)43-15-41-25)22-20(14-40-32(36)18-11-7-4-8-12-18)24(34)28(38-2)30-26(22)42-16-44-30/h3-12H,13-16H2,1-2H3. The highest BCUT2D eigenvalue weighted by atomic mass is 79.9. The maximum absolute atomic E-state index is 13.0. The molecule has 226 valence electrons. The Kier molecular flexibility index (Phi) is 8.53. The number of halogens is 2. The van der Waals surface area contributed by atoms with Crippen LogP contribution < -0.4 is 28.4 Å². The Hall–Kier alpha value is -4.42. The van der Waals surface area contributed by atoms with Crippen LogP contribution >= 0.6 is 31.9 Å². The molecule has 4 aromatic rings. The fraction of sp³-hybridized carbons (Fsp3) is 0.188. The molecule has 44 heavy (non-hydrogen) atoms. The highest BCUT2D eigenvalue weighted by molar-refractivity contribution is 9.11. The van der Waals surface area contributed by atoms with Crippen LogP contribution in [0.4, 0.5) is 0 Å². The number of benzene rings is 4. The second kappa shape index (κ2) is 12.7. The van der Waals surface area contributed by atoms with Gasteiger partial charge in [0.25, 0.3) is 0 Å². The van der Waals surface area contributed by atoms with Gasteiger partial charge in [0.1, 0.15) is 13.2 Å². The molecule has 0 unspecified atom stereocenters. The smallest absolute Gasteiger partial charge is 0.338 e. The minimum Gasteiger partial charge on any atom is -0.492 e. The van der Waals surface area contributed by atoms with E-state index in [2.05, 4.69) is 31.9 Å². The average Bonchev–Trinajstić information content (AvgIpc) is 3.74. The molecule has 10 nitrogen and oxygen atoms in total. The Bertz CT molecular complexity index is 1610. The van der Waals surface area contributed by atoms with Crippen molar-refractivity contribution < 1.29 is 47.5 Å². The van der Waals surface area contributed by atoms with Gasteiger partial charge in [0.2, 0.25) is 25.1 Å². The summed E-state index contributed by atoms with van der Waals surface area (Å²) in [4.78, 5) is 26.0. The number of hydrogen-bond donors (Lipinski definition) is 0. The predicted molar refractivity (Wildman–Crippen MR) is 164 cm³/mol. The van der Waals surface area contributed by atoms with Crippen LogP contribution in [0.2, 0.25) is 0 Å². The highest BCUT2D eigenvalue weighted by Crippen LogP contribution is 2.60. The van der Waals surface area contributed by atoms with E-state index in [4.69, 9.17) is 37.9 Å². The number of fused-ring (bicyclic) bond motifs is 2. The van der Waals surface area contributed by atoms with Crippen molar-refractivity contribution in [1.29, 1.82) is 0 Å². The number of hydrogen-bond acceptors (Lipinski definition) is 10. The topological polar surface area (TPSA) is 108 Å². The molecule has 0 saturated carbocycles. The third kappa shape index (κ3) is 5.28. The Morgan fingerprint density at radius 3 is 1.34 bits per heavy atom. The maximum Gasteiger partial charge on any atom is 0.338 e. The highest BCUT2D eigenvalue weighted by Gasteiger charge is 2.38. The van der Waals surface area contributed by atoms with Crippen LogP contribution in [0, 0.1) is 0 Å². The average molecular weight is 728 g/mol. The van der Waals surface area contributed by atoms with Crippen molar-refractivity contribution in [3.8, 4) is 45.6 Å². The van der Waals surface area contributed by atoms with Crippen molar-refractivity contribution in [2.45, 2.75) is 13.2 Å². The first-order valence-electron chi connectivity index (χ1n) is 13.2. The first-order chi connectivity index (χ1) is 21.4. The maximum atomic E-state index is 13.0. The molecular formula is C32H24Br2O10. The summed E-state index contributed by atoms with van der Waals surface area (Å²) in [5.74, 6) is 0.952. The van der Waals surface area contributed by atoms with E-state index in [1.807, 2.05) is 12.1 Å². The van der Waals surface area contributed by atoms with Gasteiger partial charge in [-0.2, -0.15) is 0 Å². The zero-order chi connectivity index (χ0) is 30.8. The summed E-state index contributed by atoms with van der Waals surface area (Å²) in [6, 6.07) is 17.3. The van der Waals surface area contributed by atoms with Crippen molar-refractivity contribution in [3.63, 3.8) is 0 Å². The first-order valence-corrected chi connectivity index (χ1v) is 14.8. The lowest BCUT2D eigenvalue weighted by Gasteiger charge is -2.23. The molecule has 0 bridgehead atoms. The van der Waals surface area contributed by atoms with Crippen LogP contribution in [0.3, 0.4) is 0 Å². The summed E-state index contributed by atoms with van der Waals surface area (Å²) < 4.78 is 47.5. The number of esters is 2. The molecule has 0 radical (unpaired) electrons. The molecule has 0 N–H and O–H groups in total. The van der Waals surface area contributed by atoms with Crippen molar-refractivity contribution in [1.82, 2.24) is 0 Å². The molecule has 0 aliphatic carbocycles. The van der Waals surface area contributed by atoms with E-state index in [0.717, 1.165) is 0 Å². The number of methoxy groups -OCH3 is 2.